The van der Waals surface area contributed by atoms with Crippen molar-refractivity contribution in [3.8, 4) is 23.0 Å². The van der Waals surface area contributed by atoms with Crippen LogP contribution in [-0.2, 0) is 117 Å². The third kappa shape index (κ3) is 22.4. The van der Waals surface area contributed by atoms with Crippen LogP contribution >= 0.6 is 60.8 Å². The summed E-state index contributed by atoms with van der Waals surface area (Å²) >= 11 is 0. The first-order chi connectivity index (χ1) is 61.3. The van der Waals surface area contributed by atoms with Crippen molar-refractivity contribution in [2.75, 3.05) is 26.3 Å². The SMILES string of the molecule is CC1(C)CCN(C(=O)Oc2ccc(C3OP(=O)(O)C(O)(Cc4cccnc4)P(=O)(O)O3)cc2)C1=O.CCOC(=O)Oc1ccc(C)cc1C1OP(=O)(O)C(O)(Cc2cccnc2)P(=O)(O)O1.Cc1ccc(OC(=O)C(C)(C)C)c(C2OP(=O)(O)C(O)(Cc3cccnc3)P(=O)(O)O2)c1.Cc1ccc(OC(=O)N2CCOC2=O)c(C2OP(=O)(O)C(O)(Cc3cccnc3)P(=O)(O)O2)c1. The van der Waals surface area contributed by atoms with E-state index < -0.39 is 173 Å². The molecule has 8 atom stereocenters. The number of carbonyl (C=O) groups is 6. The number of rotatable bonds is 17. The molecule has 6 fully saturated rings. The zero-order valence-corrected chi connectivity index (χ0v) is 78.1. The van der Waals surface area contributed by atoms with Gasteiger partial charge < -0.3 is 88.0 Å². The highest BCUT2D eigenvalue weighted by molar-refractivity contribution is 7.75. The largest absolute Gasteiger partial charge is 0.513 e. The van der Waals surface area contributed by atoms with Crippen molar-refractivity contribution >= 4 is 97.1 Å². The average Bonchev–Trinajstić information content (AvgIpc) is 0.829. The molecule has 4 aromatic carbocycles. The fraction of sp³-hybridized carbons (Fsp3) is 0.359. The van der Waals surface area contributed by atoms with E-state index in [0.29, 0.717) is 28.0 Å². The van der Waals surface area contributed by atoms with Crippen LogP contribution in [0.5, 0.6) is 23.0 Å². The molecule has 0 bridgehead atoms. The number of likely N-dealkylation sites (tertiary alicyclic amines) is 1. The molecule has 0 aliphatic carbocycles. The van der Waals surface area contributed by atoms with Gasteiger partial charge >= 0.3 is 91.2 Å². The number of hydrogen-bond donors (Lipinski definition) is 12. The van der Waals surface area contributed by atoms with Crippen LogP contribution in [0.4, 0.5) is 19.2 Å². The number of aromatic nitrogens is 4. The maximum Gasteiger partial charge on any atom is 0.513 e. The Hall–Kier alpha value is -9.06. The summed E-state index contributed by atoms with van der Waals surface area (Å²) in [5.74, 6) is -1.41. The van der Waals surface area contributed by atoms with Gasteiger partial charge in [0, 0.05) is 92.8 Å². The first kappa shape index (κ1) is 103. The maximum atomic E-state index is 13.0. The van der Waals surface area contributed by atoms with Crippen LogP contribution in [-0.4, -0.2) is 172 Å². The minimum atomic E-state index is -5.25. The quantitative estimate of drug-likeness (QED) is 0.0174. The number of hydrogen-bond acceptors (Lipinski definition) is 36. The lowest BCUT2D eigenvalue weighted by Crippen LogP contribution is -2.38. The Bertz CT molecular complexity index is 5980. The van der Waals surface area contributed by atoms with Gasteiger partial charge in [-0.3, -0.25) is 102 Å². The number of carbonyl (C=O) groups excluding carboxylic acids is 6. The molecule has 0 saturated carbocycles. The molecule has 0 radical (unpaired) electrons. The number of benzene rings is 4. The van der Waals surface area contributed by atoms with E-state index in [9.17, 15) is 125 Å². The summed E-state index contributed by atoms with van der Waals surface area (Å²) in [6.45, 7) is 15.1. The Morgan fingerprint density at radius 2 is 0.750 bits per heavy atom. The number of aryl methyl sites for hydroxylation is 3. The molecule has 132 heavy (non-hydrogen) atoms. The molecule has 6 aliphatic heterocycles. The van der Waals surface area contributed by atoms with E-state index >= 15 is 0 Å². The molecule has 4 aromatic heterocycles. The van der Waals surface area contributed by atoms with E-state index in [2.05, 4.69) is 24.7 Å². The third-order valence-electron chi connectivity index (χ3n) is 20.3. The van der Waals surface area contributed by atoms with Crippen LogP contribution in [0.15, 0.2) is 177 Å². The fourth-order valence-corrected chi connectivity index (χ4v) is 27.1. The number of amides is 4. The molecule has 712 valence electrons. The van der Waals surface area contributed by atoms with Crippen molar-refractivity contribution in [3.63, 3.8) is 0 Å². The van der Waals surface area contributed by atoms with E-state index in [0.717, 1.165) is 4.90 Å². The molecule has 8 unspecified atom stereocenters. The number of imide groups is 2. The van der Waals surface area contributed by atoms with E-state index in [1.807, 2.05) is 0 Å². The van der Waals surface area contributed by atoms with Crippen LogP contribution in [0.25, 0.3) is 0 Å². The second-order valence-electron chi connectivity index (χ2n) is 31.8. The van der Waals surface area contributed by atoms with Crippen molar-refractivity contribution in [3.05, 3.63) is 238 Å². The van der Waals surface area contributed by atoms with Gasteiger partial charge in [-0.25, -0.2) is 29.0 Å². The van der Waals surface area contributed by atoms with Gasteiger partial charge in [0.25, 0.3) is 20.3 Å². The summed E-state index contributed by atoms with van der Waals surface area (Å²) in [5.41, 5.74) is 0.816. The number of aliphatic hydroxyl groups is 4. The van der Waals surface area contributed by atoms with Crippen molar-refractivity contribution in [1.29, 1.82) is 0 Å². The van der Waals surface area contributed by atoms with Gasteiger partial charge in [-0.2, -0.15) is 0 Å². The number of nitrogens with zero attached hydrogens (tertiary/aromatic N) is 6. The number of ether oxygens (including phenoxy) is 6. The summed E-state index contributed by atoms with van der Waals surface area (Å²) in [7, 11) is -41.5. The first-order valence-corrected chi connectivity index (χ1v) is 51.7. The third-order valence-corrected chi connectivity index (χ3v) is 38.6. The average molecular weight is 2000 g/mol. The van der Waals surface area contributed by atoms with Crippen LogP contribution in [0, 0.1) is 31.6 Å². The zero-order valence-electron chi connectivity index (χ0n) is 71.0. The lowest BCUT2D eigenvalue weighted by atomic mass is 9.92. The maximum absolute atomic E-state index is 13.0. The molecule has 4 amide bonds. The number of cyclic esters (lactones) is 1. The Labute approximate surface area is 750 Å². The van der Waals surface area contributed by atoms with Gasteiger partial charge in [0.2, 0.25) is 31.1 Å². The molecular weight excluding hydrogens is 1910 g/mol. The second kappa shape index (κ2) is 39.7. The highest BCUT2D eigenvalue weighted by atomic mass is 31.3. The van der Waals surface area contributed by atoms with Crippen LogP contribution in [0.3, 0.4) is 0 Å². The van der Waals surface area contributed by atoms with Crippen molar-refractivity contribution < 1.29 is 189 Å². The number of esters is 1. The van der Waals surface area contributed by atoms with E-state index in [-0.39, 0.29) is 99.7 Å². The molecule has 46 nitrogen and oxygen atoms in total. The van der Waals surface area contributed by atoms with Crippen LogP contribution in [0.1, 0.15) is 134 Å². The predicted molar refractivity (Wildman–Crippen MR) is 453 cm³/mol. The summed E-state index contributed by atoms with van der Waals surface area (Å²) in [4.78, 5) is 174. The summed E-state index contributed by atoms with van der Waals surface area (Å²) < 4.78 is 175. The van der Waals surface area contributed by atoms with Gasteiger partial charge in [0.15, 0.2) is 0 Å². The van der Waals surface area contributed by atoms with Crippen molar-refractivity contribution in [2.24, 2.45) is 10.8 Å². The molecule has 12 N–H and O–H groups in total. The Balaban J connectivity index is 0.000000170. The minimum Gasteiger partial charge on any atom is -0.447 e. The van der Waals surface area contributed by atoms with E-state index in [4.69, 9.17) is 59.9 Å². The highest BCUT2D eigenvalue weighted by Crippen LogP contribution is 2.83. The molecule has 10 heterocycles. The van der Waals surface area contributed by atoms with Gasteiger partial charge in [-0.05, 0) is 150 Å². The molecule has 0 spiro atoms. The highest BCUT2D eigenvalue weighted by Gasteiger charge is 2.71. The molecule has 54 heteroatoms. The molecule has 14 rings (SSSR count). The molecule has 6 aliphatic rings. The fourth-order valence-electron chi connectivity index (χ4n) is 12.8. The van der Waals surface area contributed by atoms with Gasteiger partial charge in [-0.1, -0.05) is 85.1 Å². The Kier molecular flexibility index (Phi) is 31.1. The summed E-state index contributed by atoms with van der Waals surface area (Å²) in [6.07, 6.45) is -3.04. The van der Waals surface area contributed by atoms with Crippen LogP contribution < -0.4 is 18.9 Å². The number of pyridine rings is 4. The smallest absolute Gasteiger partial charge is 0.447 e. The lowest BCUT2D eigenvalue weighted by molar-refractivity contribution is -0.143. The van der Waals surface area contributed by atoms with Crippen molar-refractivity contribution in [2.45, 2.75) is 140 Å². The normalized spacial score (nSPS) is 31.2. The van der Waals surface area contributed by atoms with Crippen molar-refractivity contribution in [1.82, 2.24) is 29.7 Å². The summed E-state index contributed by atoms with van der Waals surface area (Å²) in [6, 6.07) is 29.8. The topological polar surface area (TPSA) is 669 Å². The lowest BCUT2D eigenvalue weighted by Gasteiger charge is -2.41. The second-order valence-corrected chi connectivity index (χ2v) is 49.1. The monoisotopic (exact) mass is 2000 g/mol. The van der Waals surface area contributed by atoms with E-state index in [1.165, 1.54) is 165 Å². The van der Waals surface area contributed by atoms with Gasteiger partial charge in [0.1, 0.15) is 29.6 Å². The molecule has 6 saturated heterocycles. The summed E-state index contributed by atoms with van der Waals surface area (Å²) in [5, 5.41) is 30.7. The molecule has 8 aromatic rings. The Morgan fingerprint density at radius 3 is 1.04 bits per heavy atom. The Morgan fingerprint density at radius 1 is 0.432 bits per heavy atom. The predicted octanol–water partition coefficient (Wildman–Crippen LogP) is 12.7. The van der Waals surface area contributed by atoms with Gasteiger partial charge in [-0.15, -0.1) is 0 Å². The minimum absolute atomic E-state index is 0.0135. The van der Waals surface area contributed by atoms with Gasteiger partial charge in [0.05, 0.1) is 35.3 Å². The van der Waals surface area contributed by atoms with Crippen LogP contribution in [0.2, 0.25) is 0 Å². The zero-order chi connectivity index (χ0) is 97.2. The standard InChI is InChI=1S/C21H24N2O10P2.C20H25NO9P2.C19H20N2O11P2.C18H21NO10P2/c1-20(2)9-11-23(18(20)24)19(25)31-16-7-5-15(6-8-16)17-32-34(27,28)21(26,35(29,30)33-17)12-14-4-3-10-22-13-14;1-13-7-8-16(28-18(22)19(2,3)4)15(10-13)17-29-31(24,25)20(23,32(26,27)30-17)11-14-6-5-9-21-12-14;1-12-4-5-15(30-18(23)21-7-8-29-17(21)22)14(9-12)16-31-33(25,26)19(24,34(27,28)32-16)10-13-3-2-6-20-11-13;1-3-26-17(20)27-15-7-6-12(2)9-14(15)16-28-30(22,23)18(21,31(24,25)29-16)10-13-5-4-8-19-11-13/h3-8,10,13,17,26H,9,11-12H2,1-2H3,(H,27,28)(H,29,30);5-10,12,17,23H,11H2,1-4H3,(H,24,25)(H,26,27);2-6,9,11,16,24H,7-8,10H2,1H3,(H,25,26)(H,27,28);4-9,11,16,21H,3,10H2,1-2H3,(H,22,23)(H,24,25). The molecular formula is C78H90N6O40P8. The first-order valence-electron chi connectivity index (χ1n) is 39.1. The van der Waals surface area contributed by atoms with E-state index in [1.54, 1.807) is 74.4 Å².